The summed E-state index contributed by atoms with van der Waals surface area (Å²) in [5, 5.41) is 16.1. The Labute approximate surface area is 199 Å². The van der Waals surface area contributed by atoms with Crippen LogP contribution >= 0.6 is 23.1 Å². The molecule has 33 heavy (non-hydrogen) atoms. The Kier molecular flexibility index (Phi) is 8.45. The smallest absolute Gasteiger partial charge is 0.303 e. The number of aromatic nitrogens is 1. The monoisotopic (exact) mass is 485 g/mol. The fourth-order valence-electron chi connectivity index (χ4n) is 2.84. The summed E-state index contributed by atoms with van der Waals surface area (Å²) >= 11 is 2.72. The standard InChI is InChI=1S/C23H23N3O5S2/c1-14(33-16-9-7-15(8-10-16)24-20(27)11-12-21(28)29)22(30)26-23-25-18(13-32-23)17-5-3-4-6-19(17)31-2/h3-10,13-14H,11-12H2,1-2H3,(H,24,27)(H,28,29)(H,25,26,30). The van der Waals surface area contributed by atoms with Gasteiger partial charge in [-0.2, -0.15) is 0 Å². The van der Waals surface area contributed by atoms with Gasteiger partial charge in [0.25, 0.3) is 0 Å². The molecule has 1 aromatic heterocycles. The van der Waals surface area contributed by atoms with E-state index in [4.69, 9.17) is 9.84 Å². The van der Waals surface area contributed by atoms with Crippen molar-refractivity contribution in [3.63, 3.8) is 0 Å². The molecule has 1 heterocycles. The van der Waals surface area contributed by atoms with E-state index in [-0.39, 0.29) is 29.9 Å². The van der Waals surface area contributed by atoms with Crippen molar-refractivity contribution in [3.8, 4) is 17.0 Å². The van der Waals surface area contributed by atoms with Crippen molar-refractivity contribution in [2.45, 2.75) is 29.9 Å². The molecule has 0 aliphatic heterocycles. The summed E-state index contributed by atoms with van der Waals surface area (Å²) in [7, 11) is 1.60. The molecule has 8 nitrogen and oxygen atoms in total. The average molecular weight is 486 g/mol. The lowest BCUT2D eigenvalue weighted by molar-refractivity contribution is -0.138. The summed E-state index contributed by atoms with van der Waals surface area (Å²) in [5.41, 5.74) is 2.15. The molecule has 0 saturated heterocycles. The number of carbonyl (C=O) groups excluding carboxylic acids is 2. The minimum absolute atomic E-state index is 0.0848. The SMILES string of the molecule is COc1ccccc1-c1csc(NC(=O)C(C)Sc2ccc(NC(=O)CCC(=O)O)cc2)n1. The molecule has 0 radical (unpaired) electrons. The number of para-hydroxylation sites is 1. The molecule has 3 aromatic rings. The molecule has 1 unspecified atom stereocenters. The van der Waals surface area contributed by atoms with E-state index in [1.165, 1.54) is 23.1 Å². The number of carboxylic acids is 1. The number of nitrogens with zero attached hydrogens (tertiary/aromatic N) is 1. The third-order valence-electron chi connectivity index (χ3n) is 4.50. The van der Waals surface area contributed by atoms with Crippen LogP contribution < -0.4 is 15.4 Å². The lowest BCUT2D eigenvalue weighted by Gasteiger charge is -2.11. The zero-order chi connectivity index (χ0) is 23.8. The minimum atomic E-state index is -1.02. The van der Waals surface area contributed by atoms with Gasteiger partial charge >= 0.3 is 5.97 Å². The summed E-state index contributed by atoms with van der Waals surface area (Å²) < 4.78 is 5.37. The van der Waals surface area contributed by atoms with Crippen LogP contribution in [0.25, 0.3) is 11.3 Å². The third-order valence-corrected chi connectivity index (χ3v) is 6.37. The van der Waals surface area contributed by atoms with Gasteiger partial charge in [0, 0.05) is 27.9 Å². The maximum Gasteiger partial charge on any atom is 0.303 e. The van der Waals surface area contributed by atoms with E-state index in [0.29, 0.717) is 16.6 Å². The van der Waals surface area contributed by atoms with Crippen LogP contribution in [-0.2, 0) is 14.4 Å². The van der Waals surface area contributed by atoms with E-state index >= 15 is 0 Å². The van der Waals surface area contributed by atoms with Crippen LogP contribution in [0.2, 0.25) is 0 Å². The fourth-order valence-corrected chi connectivity index (χ4v) is 4.42. The van der Waals surface area contributed by atoms with Crippen molar-refractivity contribution in [1.29, 1.82) is 0 Å². The summed E-state index contributed by atoms with van der Waals surface area (Å²) in [6.07, 6.45) is -0.301. The molecule has 172 valence electrons. The Morgan fingerprint density at radius 2 is 1.82 bits per heavy atom. The zero-order valence-electron chi connectivity index (χ0n) is 18.0. The van der Waals surface area contributed by atoms with Crippen molar-refractivity contribution in [1.82, 2.24) is 4.98 Å². The highest BCUT2D eigenvalue weighted by molar-refractivity contribution is 8.00. The van der Waals surface area contributed by atoms with Crippen molar-refractivity contribution in [3.05, 3.63) is 53.9 Å². The number of rotatable bonds is 10. The lowest BCUT2D eigenvalue weighted by Crippen LogP contribution is -2.22. The molecule has 0 aliphatic rings. The average Bonchev–Trinajstić information content (AvgIpc) is 3.27. The maximum atomic E-state index is 12.6. The van der Waals surface area contributed by atoms with E-state index in [1.54, 1.807) is 38.3 Å². The molecule has 0 spiro atoms. The number of benzene rings is 2. The molecule has 2 aromatic carbocycles. The number of hydrogen-bond acceptors (Lipinski definition) is 7. The molecule has 10 heteroatoms. The molecule has 1 atom stereocenters. The van der Waals surface area contributed by atoms with E-state index in [9.17, 15) is 14.4 Å². The highest BCUT2D eigenvalue weighted by Crippen LogP contribution is 2.32. The molecule has 3 N–H and O–H groups in total. The highest BCUT2D eigenvalue weighted by atomic mass is 32.2. The lowest BCUT2D eigenvalue weighted by atomic mass is 10.1. The van der Waals surface area contributed by atoms with Gasteiger partial charge in [-0.05, 0) is 43.3 Å². The predicted octanol–water partition coefficient (Wildman–Crippen LogP) is 4.74. The van der Waals surface area contributed by atoms with Gasteiger partial charge < -0.3 is 20.5 Å². The second kappa shape index (κ2) is 11.5. The van der Waals surface area contributed by atoms with Crippen molar-refractivity contribution in [2.24, 2.45) is 0 Å². The predicted molar refractivity (Wildman–Crippen MR) is 130 cm³/mol. The summed E-state index contributed by atoms with van der Waals surface area (Å²) in [4.78, 5) is 40.3. The van der Waals surface area contributed by atoms with Gasteiger partial charge in [-0.25, -0.2) is 4.98 Å². The first kappa shape index (κ1) is 24.3. The number of carbonyl (C=O) groups is 3. The quantitative estimate of drug-likeness (QED) is 0.355. The van der Waals surface area contributed by atoms with Crippen molar-refractivity contribution in [2.75, 3.05) is 17.7 Å². The zero-order valence-corrected chi connectivity index (χ0v) is 19.7. The molecular formula is C23H23N3O5S2. The van der Waals surface area contributed by atoms with Gasteiger partial charge in [0.15, 0.2) is 5.13 Å². The number of hydrogen-bond donors (Lipinski definition) is 3. The maximum absolute atomic E-state index is 12.6. The number of nitrogens with one attached hydrogen (secondary N) is 2. The number of thiazole rings is 1. The number of aliphatic carboxylic acids is 1. The van der Waals surface area contributed by atoms with Crippen LogP contribution in [-0.4, -0.2) is 40.2 Å². The van der Waals surface area contributed by atoms with Gasteiger partial charge in [-0.15, -0.1) is 23.1 Å². The van der Waals surface area contributed by atoms with Gasteiger partial charge in [0.05, 0.1) is 24.5 Å². The van der Waals surface area contributed by atoms with Crippen LogP contribution in [0.1, 0.15) is 19.8 Å². The summed E-state index contributed by atoms with van der Waals surface area (Å²) in [5.74, 6) is -0.836. The van der Waals surface area contributed by atoms with Crippen LogP contribution in [0, 0.1) is 0 Å². The number of ether oxygens (including phenoxy) is 1. The first-order valence-electron chi connectivity index (χ1n) is 10.0. The minimum Gasteiger partial charge on any atom is -0.496 e. The Morgan fingerprint density at radius 3 is 2.52 bits per heavy atom. The highest BCUT2D eigenvalue weighted by Gasteiger charge is 2.17. The first-order valence-corrected chi connectivity index (χ1v) is 11.8. The molecule has 0 fully saturated rings. The molecule has 3 rings (SSSR count). The molecule has 0 aliphatic carbocycles. The van der Waals surface area contributed by atoms with Gasteiger partial charge in [-0.3, -0.25) is 14.4 Å². The van der Waals surface area contributed by atoms with Gasteiger partial charge in [-0.1, -0.05) is 12.1 Å². The third kappa shape index (κ3) is 7.06. The van der Waals surface area contributed by atoms with Crippen LogP contribution in [0.5, 0.6) is 5.75 Å². The van der Waals surface area contributed by atoms with Gasteiger partial charge in [0.2, 0.25) is 11.8 Å². The Balaban J connectivity index is 1.54. The van der Waals surface area contributed by atoms with E-state index in [0.717, 1.165) is 16.2 Å². The largest absolute Gasteiger partial charge is 0.496 e. The Hall–Kier alpha value is -3.37. The molecule has 2 amide bonds. The van der Waals surface area contributed by atoms with Gasteiger partial charge in [0.1, 0.15) is 5.75 Å². The number of thioether (sulfide) groups is 1. The van der Waals surface area contributed by atoms with Crippen LogP contribution in [0.15, 0.2) is 58.8 Å². The Morgan fingerprint density at radius 1 is 1.09 bits per heavy atom. The summed E-state index contributed by atoms with van der Waals surface area (Å²) in [6.45, 7) is 1.80. The Bertz CT molecular complexity index is 1130. The first-order chi connectivity index (χ1) is 15.9. The summed E-state index contributed by atoms with van der Waals surface area (Å²) in [6, 6.07) is 14.6. The van der Waals surface area contributed by atoms with Crippen LogP contribution in [0.3, 0.4) is 0 Å². The van der Waals surface area contributed by atoms with E-state index in [2.05, 4.69) is 15.6 Å². The molecule has 0 bridgehead atoms. The number of methoxy groups -OCH3 is 1. The van der Waals surface area contributed by atoms with E-state index < -0.39 is 5.97 Å². The number of anilines is 2. The van der Waals surface area contributed by atoms with Crippen molar-refractivity contribution >= 4 is 51.7 Å². The molecule has 0 saturated carbocycles. The second-order valence-corrected chi connectivity index (χ2v) is 9.23. The molecular weight excluding hydrogens is 462 g/mol. The fraction of sp³-hybridized carbons (Fsp3) is 0.217. The van der Waals surface area contributed by atoms with Crippen LogP contribution in [0.4, 0.5) is 10.8 Å². The topological polar surface area (TPSA) is 118 Å². The van der Waals surface area contributed by atoms with Crippen molar-refractivity contribution < 1.29 is 24.2 Å². The number of amides is 2. The second-order valence-electron chi connectivity index (χ2n) is 6.95. The normalized spacial score (nSPS) is 11.5. The van der Waals surface area contributed by atoms with E-state index in [1.807, 2.05) is 29.6 Å². The number of carboxylic acid groups (broad SMARTS) is 1.